The molecule has 4 rings (SSSR count). The zero-order valence-corrected chi connectivity index (χ0v) is 20.9. The van der Waals surface area contributed by atoms with Gasteiger partial charge in [0.15, 0.2) is 5.11 Å². The lowest BCUT2D eigenvalue weighted by molar-refractivity contribution is -0.137. The fourth-order valence-corrected chi connectivity index (χ4v) is 5.07. The highest BCUT2D eigenvalue weighted by atomic mass is 32.1. The van der Waals surface area contributed by atoms with E-state index in [-0.39, 0.29) is 29.6 Å². The van der Waals surface area contributed by atoms with Gasteiger partial charge in [-0.05, 0) is 76.3 Å². The summed E-state index contributed by atoms with van der Waals surface area (Å²) in [6.45, 7) is 7.64. The number of aliphatic hydroxyl groups excluding tert-OH is 1. The summed E-state index contributed by atoms with van der Waals surface area (Å²) in [5.41, 5.74) is -1.61. The molecule has 1 saturated heterocycles. The van der Waals surface area contributed by atoms with Crippen LogP contribution in [0.4, 0.5) is 30.2 Å². The normalized spacial score (nSPS) is 19.4. The molecule has 2 heterocycles. The van der Waals surface area contributed by atoms with Gasteiger partial charge in [-0.3, -0.25) is 9.69 Å². The molecular formula is C25H25F3N4O3S. The molecule has 0 spiro atoms. The largest absolute Gasteiger partial charge is 0.484 e. The minimum absolute atomic E-state index is 0.0174. The smallest absolute Gasteiger partial charge is 0.417 e. The number of halogens is 3. The Labute approximate surface area is 212 Å². The summed E-state index contributed by atoms with van der Waals surface area (Å²) in [4.78, 5) is 18.2. The highest BCUT2D eigenvalue weighted by molar-refractivity contribution is 7.81. The molecule has 0 saturated carbocycles. The summed E-state index contributed by atoms with van der Waals surface area (Å²) < 4.78 is 46.6. The van der Waals surface area contributed by atoms with E-state index in [4.69, 9.17) is 22.2 Å². The zero-order chi connectivity index (χ0) is 26.6. The van der Waals surface area contributed by atoms with Gasteiger partial charge in [0.1, 0.15) is 17.4 Å². The van der Waals surface area contributed by atoms with E-state index in [1.165, 1.54) is 6.07 Å². The van der Waals surface area contributed by atoms with Crippen LogP contribution in [0, 0.1) is 11.3 Å². The highest BCUT2D eigenvalue weighted by Crippen LogP contribution is 2.43. The third-order valence-electron chi connectivity index (χ3n) is 6.39. The number of ether oxygens (including phenoxy) is 1. The molecule has 2 aromatic carbocycles. The predicted octanol–water partition coefficient (Wildman–Crippen LogP) is 4.46. The van der Waals surface area contributed by atoms with Gasteiger partial charge in [-0.2, -0.15) is 18.4 Å². The molecule has 0 bridgehead atoms. The van der Waals surface area contributed by atoms with Crippen molar-refractivity contribution in [2.45, 2.75) is 51.6 Å². The molecule has 0 aliphatic carbocycles. The number of carbonyl (C=O) groups excluding carboxylic acids is 1. The number of amides is 1. The van der Waals surface area contributed by atoms with Gasteiger partial charge in [-0.1, -0.05) is 0 Å². The summed E-state index contributed by atoms with van der Waals surface area (Å²) >= 11 is 5.63. The topological polar surface area (TPSA) is 80.0 Å². The van der Waals surface area contributed by atoms with Crippen molar-refractivity contribution in [3.63, 3.8) is 0 Å². The fraction of sp³-hybridized carbons (Fsp3) is 0.400. The predicted molar refractivity (Wildman–Crippen MR) is 133 cm³/mol. The van der Waals surface area contributed by atoms with Gasteiger partial charge < -0.3 is 19.6 Å². The summed E-state index contributed by atoms with van der Waals surface area (Å²) in [5, 5.41) is 18.7. The third kappa shape index (κ3) is 4.14. The van der Waals surface area contributed by atoms with Crippen molar-refractivity contribution in [2.24, 2.45) is 0 Å². The minimum atomic E-state index is -4.77. The second-order valence-corrected chi connectivity index (χ2v) is 9.84. The Balaban J connectivity index is 1.78. The number of nitrogens with zero attached hydrogens (tertiary/aromatic N) is 4. The van der Waals surface area contributed by atoms with Gasteiger partial charge >= 0.3 is 6.18 Å². The van der Waals surface area contributed by atoms with Crippen molar-refractivity contribution in [3.8, 4) is 11.8 Å². The van der Waals surface area contributed by atoms with E-state index in [1.807, 2.05) is 19.9 Å². The van der Waals surface area contributed by atoms with E-state index in [9.17, 15) is 23.1 Å². The average molecular weight is 519 g/mol. The van der Waals surface area contributed by atoms with Crippen molar-refractivity contribution in [1.82, 2.24) is 0 Å². The Morgan fingerprint density at radius 1 is 1.22 bits per heavy atom. The molecule has 1 N–H and O–H groups in total. The van der Waals surface area contributed by atoms with Gasteiger partial charge in [0.2, 0.25) is 0 Å². The molecular weight excluding hydrogens is 493 g/mol. The highest BCUT2D eigenvalue weighted by Gasteiger charge is 2.51. The van der Waals surface area contributed by atoms with Crippen molar-refractivity contribution < 1.29 is 27.8 Å². The number of nitriles is 1. The first-order chi connectivity index (χ1) is 16.8. The molecule has 1 atom stereocenters. The van der Waals surface area contributed by atoms with Gasteiger partial charge in [0.25, 0.3) is 5.91 Å². The maximum absolute atomic E-state index is 13.6. The summed E-state index contributed by atoms with van der Waals surface area (Å²) in [6, 6.07) is 10.0. The quantitative estimate of drug-likeness (QED) is 0.599. The third-order valence-corrected chi connectivity index (χ3v) is 6.75. The second kappa shape index (κ2) is 8.94. The average Bonchev–Trinajstić information content (AvgIpc) is 3.00. The number of aliphatic hydroxyl groups is 1. The number of hydrogen-bond acceptors (Lipinski definition) is 6. The Morgan fingerprint density at radius 2 is 1.89 bits per heavy atom. The number of alkyl halides is 3. The van der Waals surface area contributed by atoms with Gasteiger partial charge in [-0.25, -0.2) is 0 Å². The van der Waals surface area contributed by atoms with Crippen LogP contribution in [0.2, 0.25) is 0 Å². The molecule has 2 aromatic rings. The summed E-state index contributed by atoms with van der Waals surface area (Å²) in [7, 11) is 0. The Morgan fingerprint density at radius 3 is 2.47 bits per heavy atom. The van der Waals surface area contributed by atoms with Crippen LogP contribution in [-0.2, 0) is 11.0 Å². The SMILES string of the molecule is CC(C)N1C[C@H](CO)Oc2ccc(N3C(=S)N(c4ccc(C#N)c(C(F)(F)F)c4)C(=O)C3(C)C)cc21. The van der Waals surface area contributed by atoms with E-state index >= 15 is 0 Å². The molecule has 0 unspecified atom stereocenters. The van der Waals surface area contributed by atoms with Crippen LogP contribution >= 0.6 is 12.2 Å². The van der Waals surface area contributed by atoms with E-state index < -0.39 is 28.7 Å². The van der Waals surface area contributed by atoms with Crippen molar-refractivity contribution in [2.75, 3.05) is 27.9 Å². The van der Waals surface area contributed by atoms with E-state index in [0.717, 1.165) is 22.7 Å². The van der Waals surface area contributed by atoms with Crippen molar-refractivity contribution >= 4 is 40.3 Å². The maximum atomic E-state index is 13.6. The first kappa shape index (κ1) is 25.7. The lowest BCUT2D eigenvalue weighted by Gasteiger charge is -2.39. The van der Waals surface area contributed by atoms with Crippen LogP contribution in [0.5, 0.6) is 5.75 Å². The van der Waals surface area contributed by atoms with E-state index in [0.29, 0.717) is 18.0 Å². The zero-order valence-electron chi connectivity index (χ0n) is 20.1. The minimum Gasteiger partial charge on any atom is -0.484 e. The molecule has 1 fully saturated rings. The lowest BCUT2D eigenvalue weighted by Crippen LogP contribution is -2.46. The Bertz CT molecular complexity index is 1270. The molecule has 0 aromatic heterocycles. The molecule has 7 nitrogen and oxygen atoms in total. The fourth-order valence-electron chi connectivity index (χ4n) is 4.55. The van der Waals surface area contributed by atoms with Gasteiger partial charge in [0, 0.05) is 11.7 Å². The van der Waals surface area contributed by atoms with Crippen LogP contribution in [0.1, 0.15) is 38.8 Å². The monoisotopic (exact) mass is 518 g/mol. The Kier molecular flexibility index (Phi) is 6.39. The van der Waals surface area contributed by atoms with Crippen LogP contribution in [0.25, 0.3) is 0 Å². The number of benzene rings is 2. The molecule has 190 valence electrons. The Hall–Kier alpha value is -3.36. The van der Waals surface area contributed by atoms with Gasteiger partial charge in [-0.15, -0.1) is 0 Å². The van der Waals surface area contributed by atoms with Crippen molar-refractivity contribution in [3.05, 3.63) is 47.5 Å². The van der Waals surface area contributed by atoms with E-state index in [1.54, 1.807) is 36.9 Å². The molecule has 11 heteroatoms. The lowest BCUT2D eigenvalue weighted by atomic mass is 10.0. The second-order valence-electron chi connectivity index (χ2n) is 9.48. The van der Waals surface area contributed by atoms with Crippen LogP contribution < -0.4 is 19.4 Å². The van der Waals surface area contributed by atoms with Gasteiger partial charge in [0.05, 0.1) is 41.7 Å². The standard InChI is InChI=1S/C25H25F3N4O3S/c1-14(2)30-12-18(13-33)35-21-8-7-17(10-20(21)30)32-23(36)31(22(34)24(32,3)4)16-6-5-15(11-29)19(9-16)25(26,27)28/h5-10,14,18,33H,12-13H2,1-4H3/t18-/m1/s1. The van der Waals surface area contributed by atoms with Crippen LogP contribution in [0.15, 0.2) is 36.4 Å². The molecule has 2 aliphatic heterocycles. The molecule has 36 heavy (non-hydrogen) atoms. The first-order valence-electron chi connectivity index (χ1n) is 11.3. The number of thiocarbonyl (C=S) groups is 1. The van der Waals surface area contributed by atoms with E-state index in [2.05, 4.69) is 4.90 Å². The molecule has 1 amide bonds. The van der Waals surface area contributed by atoms with Crippen LogP contribution in [-0.4, -0.2) is 47.0 Å². The number of fused-ring (bicyclic) bond motifs is 1. The van der Waals surface area contributed by atoms with Crippen molar-refractivity contribution in [1.29, 1.82) is 5.26 Å². The number of rotatable bonds is 4. The summed E-state index contributed by atoms with van der Waals surface area (Å²) in [5.74, 6) is 0.0751. The number of hydrogen-bond donors (Lipinski definition) is 1. The molecule has 0 radical (unpaired) electrons. The summed E-state index contributed by atoms with van der Waals surface area (Å²) in [6.07, 6.45) is -5.15. The maximum Gasteiger partial charge on any atom is 0.417 e. The molecule has 2 aliphatic rings. The number of carbonyl (C=O) groups is 1. The first-order valence-corrected chi connectivity index (χ1v) is 11.7. The number of anilines is 3. The van der Waals surface area contributed by atoms with Crippen LogP contribution in [0.3, 0.4) is 0 Å².